The number of fused-ring (bicyclic) bond motifs is 2. The molecule has 2 bridgehead atoms. The van der Waals surface area contributed by atoms with Crippen LogP contribution in [0.15, 0.2) is 84.0 Å². The lowest BCUT2D eigenvalue weighted by Crippen LogP contribution is -2.48. The normalized spacial score (nSPS) is 23.4. The summed E-state index contributed by atoms with van der Waals surface area (Å²) in [6.45, 7) is 7.23. The third-order valence-corrected chi connectivity index (χ3v) is 9.80. The van der Waals surface area contributed by atoms with Gasteiger partial charge in [-0.3, -0.25) is 14.9 Å². The first-order chi connectivity index (χ1) is 19.5. The molecule has 5 rings (SSSR count). The number of halogens is 1. The Morgan fingerprint density at radius 2 is 1.54 bits per heavy atom. The first-order valence-electron chi connectivity index (χ1n) is 13.6. The molecule has 0 spiro atoms. The van der Waals surface area contributed by atoms with Gasteiger partial charge in [0.1, 0.15) is 5.02 Å². The van der Waals surface area contributed by atoms with Crippen LogP contribution in [0.3, 0.4) is 0 Å². The summed E-state index contributed by atoms with van der Waals surface area (Å²) < 4.78 is 0. The fourth-order valence-electron chi connectivity index (χ4n) is 6.53. The highest BCUT2D eigenvalue weighted by Crippen LogP contribution is 2.71. The molecule has 0 heterocycles. The van der Waals surface area contributed by atoms with Gasteiger partial charge < -0.3 is 9.74 Å². The molecule has 3 aromatic carbocycles. The van der Waals surface area contributed by atoms with E-state index in [1.54, 1.807) is 0 Å². The predicted molar refractivity (Wildman–Crippen MR) is 156 cm³/mol. The summed E-state index contributed by atoms with van der Waals surface area (Å²) in [5, 5.41) is 15.5. The Labute approximate surface area is 244 Å². The molecule has 212 valence electrons. The quantitative estimate of drug-likeness (QED) is 0.161. The summed E-state index contributed by atoms with van der Waals surface area (Å²) in [6, 6.07) is 23.6. The second kappa shape index (κ2) is 10.7. The van der Waals surface area contributed by atoms with E-state index in [0.717, 1.165) is 23.6 Å². The maximum absolute atomic E-state index is 14.6. The van der Waals surface area contributed by atoms with E-state index in [9.17, 15) is 19.7 Å². The van der Waals surface area contributed by atoms with Crippen molar-refractivity contribution >= 4 is 34.9 Å². The number of nitrogens with zero attached hydrogens (tertiary/aromatic N) is 3. The van der Waals surface area contributed by atoms with Crippen LogP contribution in [0, 0.1) is 26.4 Å². The van der Waals surface area contributed by atoms with Crippen LogP contribution in [-0.4, -0.2) is 27.4 Å². The van der Waals surface area contributed by atoms with E-state index < -0.39 is 27.1 Å². The average molecular weight is 574 g/mol. The third-order valence-electron chi connectivity index (χ3n) is 9.48. The van der Waals surface area contributed by atoms with Crippen LogP contribution >= 0.6 is 11.6 Å². The standard InChI is InChI=1S/C32H32ClN3O5/c1-30(2)31(3)16-17-32(30,19-27(31)34-41-28(37)24-14-15-25(33)26(18-24)36(39)40)29(38)35(20-22-10-6-4-7-11-22)21-23-12-8-5-9-13-23/h4-15,18H,16-17,19-21H2,1-3H3. The molecule has 0 aliphatic heterocycles. The van der Waals surface area contributed by atoms with E-state index in [-0.39, 0.29) is 22.2 Å². The molecule has 2 unspecified atom stereocenters. The van der Waals surface area contributed by atoms with Crippen molar-refractivity contribution in [3.63, 3.8) is 0 Å². The maximum atomic E-state index is 14.6. The number of oxime groups is 1. The van der Waals surface area contributed by atoms with Gasteiger partial charge in [-0.25, -0.2) is 4.79 Å². The number of hydrogen-bond donors (Lipinski definition) is 0. The zero-order valence-corrected chi connectivity index (χ0v) is 24.1. The van der Waals surface area contributed by atoms with Gasteiger partial charge in [0.2, 0.25) is 5.91 Å². The third kappa shape index (κ3) is 4.90. The van der Waals surface area contributed by atoms with Gasteiger partial charge >= 0.3 is 5.97 Å². The number of rotatable bonds is 8. The number of carbonyl (C=O) groups is 2. The van der Waals surface area contributed by atoms with Gasteiger partial charge in [-0.05, 0) is 41.5 Å². The number of carbonyl (C=O) groups excluding carboxylic acids is 2. The summed E-state index contributed by atoms with van der Waals surface area (Å²) in [6.07, 6.45) is 1.79. The molecule has 2 fully saturated rings. The van der Waals surface area contributed by atoms with E-state index in [1.807, 2.05) is 65.6 Å². The molecule has 9 heteroatoms. The maximum Gasteiger partial charge on any atom is 0.365 e. The average Bonchev–Trinajstić information content (AvgIpc) is 3.27. The highest BCUT2D eigenvalue weighted by atomic mass is 35.5. The zero-order valence-electron chi connectivity index (χ0n) is 23.3. The number of nitro groups is 1. The summed E-state index contributed by atoms with van der Waals surface area (Å²) in [5.41, 5.74) is 0.666. The molecule has 0 aromatic heterocycles. The SMILES string of the molecule is CC12CCC(C(=O)N(Cc3ccccc3)Cc3ccccc3)(CC1=NOC(=O)c1ccc(Cl)c([N+](=O)[O-])c1)C2(C)C. The molecular formula is C32H32ClN3O5. The summed E-state index contributed by atoms with van der Waals surface area (Å²) in [7, 11) is 0. The van der Waals surface area contributed by atoms with Gasteiger partial charge in [-0.2, -0.15) is 0 Å². The fourth-order valence-corrected chi connectivity index (χ4v) is 6.72. The summed E-state index contributed by atoms with van der Waals surface area (Å²) >= 11 is 5.88. The lowest BCUT2D eigenvalue weighted by Gasteiger charge is -2.42. The highest BCUT2D eigenvalue weighted by molar-refractivity contribution is 6.32. The second-order valence-corrected chi connectivity index (χ2v) is 12.1. The topological polar surface area (TPSA) is 102 Å². The van der Waals surface area contributed by atoms with Gasteiger partial charge in [0.25, 0.3) is 5.69 Å². The van der Waals surface area contributed by atoms with Crippen LogP contribution in [0.2, 0.25) is 5.02 Å². The minimum Gasteiger partial charge on any atom is -0.334 e. The minimum absolute atomic E-state index is 0.0271. The molecule has 41 heavy (non-hydrogen) atoms. The number of nitro benzene ring substituents is 1. The second-order valence-electron chi connectivity index (χ2n) is 11.7. The first kappa shape index (κ1) is 28.5. The van der Waals surface area contributed by atoms with Crippen molar-refractivity contribution in [2.45, 2.75) is 53.1 Å². The summed E-state index contributed by atoms with van der Waals surface area (Å²) in [5.74, 6) is -0.764. The lowest BCUT2D eigenvalue weighted by molar-refractivity contribution is -0.384. The van der Waals surface area contributed by atoms with Crippen LogP contribution in [0.4, 0.5) is 5.69 Å². The van der Waals surface area contributed by atoms with Crippen molar-refractivity contribution in [3.8, 4) is 0 Å². The molecule has 8 nitrogen and oxygen atoms in total. The lowest BCUT2D eigenvalue weighted by atomic mass is 9.64. The molecule has 0 saturated heterocycles. The van der Waals surface area contributed by atoms with Crippen LogP contribution in [-0.2, 0) is 22.7 Å². The van der Waals surface area contributed by atoms with Gasteiger partial charge in [-0.1, -0.05) is 98.2 Å². The molecule has 2 aliphatic rings. The van der Waals surface area contributed by atoms with E-state index in [1.165, 1.54) is 12.1 Å². The molecule has 1 amide bonds. The van der Waals surface area contributed by atoms with Crippen LogP contribution in [0.1, 0.15) is 61.5 Å². The van der Waals surface area contributed by atoms with Gasteiger partial charge in [0.15, 0.2) is 0 Å². The fraction of sp³-hybridized carbons (Fsp3) is 0.344. The smallest absolute Gasteiger partial charge is 0.334 e. The molecule has 2 atom stereocenters. The Morgan fingerprint density at radius 3 is 2.10 bits per heavy atom. The monoisotopic (exact) mass is 573 g/mol. The van der Waals surface area contributed by atoms with Gasteiger partial charge in [-0.15, -0.1) is 0 Å². The van der Waals surface area contributed by atoms with Crippen molar-refractivity contribution in [2.75, 3.05) is 0 Å². The van der Waals surface area contributed by atoms with Crippen molar-refractivity contribution < 1.29 is 19.3 Å². The predicted octanol–water partition coefficient (Wildman–Crippen LogP) is 7.21. The van der Waals surface area contributed by atoms with Crippen molar-refractivity contribution in [2.24, 2.45) is 21.4 Å². The largest absolute Gasteiger partial charge is 0.365 e. The highest BCUT2D eigenvalue weighted by Gasteiger charge is 2.72. The van der Waals surface area contributed by atoms with Crippen molar-refractivity contribution in [1.82, 2.24) is 4.90 Å². The zero-order chi connectivity index (χ0) is 29.4. The van der Waals surface area contributed by atoms with E-state index in [0.29, 0.717) is 31.6 Å². The molecular weight excluding hydrogens is 542 g/mol. The molecule has 0 N–H and O–H groups in total. The van der Waals surface area contributed by atoms with Gasteiger partial charge in [0.05, 0.1) is 21.6 Å². The minimum atomic E-state index is -0.823. The van der Waals surface area contributed by atoms with E-state index >= 15 is 0 Å². The van der Waals surface area contributed by atoms with Gasteiger partial charge in [0, 0.05) is 31.0 Å². The Balaban J connectivity index is 1.44. The first-order valence-corrected chi connectivity index (χ1v) is 14.0. The molecule has 3 aromatic rings. The molecule has 0 radical (unpaired) electrons. The molecule has 2 aliphatic carbocycles. The number of hydrogen-bond acceptors (Lipinski definition) is 6. The number of amides is 1. The van der Waals surface area contributed by atoms with E-state index in [4.69, 9.17) is 16.4 Å². The van der Waals surface area contributed by atoms with Crippen LogP contribution in [0.25, 0.3) is 0 Å². The Morgan fingerprint density at radius 1 is 0.951 bits per heavy atom. The molecule has 2 saturated carbocycles. The Bertz CT molecular complexity index is 1480. The van der Waals surface area contributed by atoms with Crippen molar-refractivity contribution in [1.29, 1.82) is 0 Å². The summed E-state index contributed by atoms with van der Waals surface area (Å²) in [4.78, 5) is 45.3. The Kier molecular flexibility index (Phi) is 7.46. The Hall–Kier alpha value is -4.04. The number of benzene rings is 3. The van der Waals surface area contributed by atoms with Crippen LogP contribution in [0.5, 0.6) is 0 Å². The van der Waals surface area contributed by atoms with E-state index in [2.05, 4.69) is 25.9 Å². The van der Waals surface area contributed by atoms with Crippen molar-refractivity contribution in [3.05, 3.63) is 111 Å². The van der Waals surface area contributed by atoms with Crippen LogP contribution < -0.4 is 0 Å².